The molecule has 0 fully saturated rings. The minimum Gasteiger partial charge on any atom is -0.126 e. The number of thioether (sulfide) groups is 2. The Labute approximate surface area is 319 Å². The van der Waals surface area contributed by atoms with Crippen LogP contribution in [0.1, 0.15) is 251 Å². The predicted molar refractivity (Wildman–Crippen MR) is 230 cm³/mol. The van der Waals surface area contributed by atoms with Crippen molar-refractivity contribution in [1.29, 1.82) is 0 Å². The lowest BCUT2D eigenvalue weighted by Crippen LogP contribution is -1.87. The fraction of sp³-hybridized carbons (Fsp3) is 0.872. The van der Waals surface area contributed by atoms with Gasteiger partial charge in [-0.25, -0.2) is 0 Å². The molecule has 0 amide bonds. The van der Waals surface area contributed by atoms with Gasteiger partial charge in [0.1, 0.15) is 0 Å². The molecule has 0 aliphatic carbocycles. The highest BCUT2D eigenvalue weighted by Gasteiger charge is 2.02. The SMILES string of the molecule is CCCCCCCCCCCCCCCCCCCCSc1cc(C)cc(SCCCCCCCCCCCCCCCCCCCC)c1. The second-order valence-corrected chi connectivity index (χ2v) is 18.0. The standard InChI is InChI=1S/C47H88S2/c1-4-6-8-10-12-14-16-18-20-22-24-26-28-30-32-34-36-38-40-48-46-42-45(3)43-47(44-46)49-41-39-37-35-33-31-29-27-25-23-21-19-17-15-13-11-9-7-5-2/h42-44H,4-41H2,1-3H3. The number of hydrogen-bond acceptors (Lipinski definition) is 2. The van der Waals surface area contributed by atoms with E-state index < -0.39 is 0 Å². The van der Waals surface area contributed by atoms with E-state index in [1.807, 2.05) is 0 Å². The molecule has 2 heteroatoms. The Morgan fingerprint density at radius 3 is 0.714 bits per heavy atom. The second kappa shape index (κ2) is 39.1. The summed E-state index contributed by atoms with van der Waals surface area (Å²) >= 11 is 4.18. The molecule has 1 aromatic rings. The van der Waals surface area contributed by atoms with Gasteiger partial charge in [-0.15, -0.1) is 23.5 Å². The molecule has 0 N–H and O–H groups in total. The van der Waals surface area contributed by atoms with E-state index >= 15 is 0 Å². The molecule has 0 aliphatic rings. The highest BCUT2D eigenvalue weighted by molar-refractivity contribution is 8.00. The van der Waals surface area contributed by atoms with Gasteiger partial charge in [0.25, 0.3) is 0 Å². The highest BCUT2D eigenvalue weighted by Crippen LogP contribution is 2.29. The van der Waals surface area contributed by atoms with Gasteiger partial charge in [-0.05, 0) is 55.0 Å². The van der Waals surface area contributed by atoms with Crippen LogP contribution in [0.25, 0.3) is 0 Å². The van der Waals surface area contributed by atoms with Crippen LogP contribution >= 0.6 is 23.5 Å². The molecular weight excluding hydrogens is 629 g/mol. The van der Waals surface area contributed by atoms with E-state index in [0.29, 0.717) is 0 Å². The van der Waals surface area contributed by atoms with E-state index in [1.54, 1.807) is 0 Å². The van der Waals surface area contributed by atoms with Crippen molar-refractivity contribution in [1.82, 2.24) is 0 Å². The summed E-state index contributed by atoms with van der Waals surface area (Å²) in [6, 6.07) is 7.27. The normalized spacial score (nSPS) is 11.6. The molecular formula is C47H88S2. The summed E-state index contributed by atoms with van der Waals surface area (Å²) in [7, 11) is 0. The van der Waals surface area contributed by atoms with E-state index in [4.69, 9.17) is 0 Å². The number of hydrogen-bond donors (Lipinski definition) is 0. The summed E-state index contributed by atoms with van der Waals surface area (Å²) < 4.78 is 0. The molecule has 0 spiro atoms. The van der Waals surface area contributed by atoms with Crippen LogP contribution in [-0.4, -0.2) is 11.5 Å². The van der Waals surface area contributed by atoms with Crippen molar-refractivity contribution < 1.29 is 0 Å². The first-order chi connectivity index (χ1) is 24.3. The average molecular weight is 717 g/mol. The minimum atomic E-state index is 1.28. The second-order valence-electron chi connectivity index (χ2n) is 15.7. The summed E-state index contributed by atoms with van der Waals surface area (Å²) in [5.41, 5.74) is 1.43. The van der Waals surface area contributed by atoms with Crippen LogP contribution in [0.3, 0.4) is 0 Å². The van der Waals surface area contributed by atoms with Gasteiger partial charge in [0.15, 0.2) is 0 Å². The van der Waals surface area contributed by atoms with Crippen LogP contribution in [0.2, 0.25) is 0 Å². The van der Waals surface area contributed by atoms with Crippen molar-refractivity contribution in [2.75, 3.05) is 11.5 Å². The van der Waals surface area contributed by atoms with Gasteiger partial charge in [-0.1, -0.05) is 232 Å². The Hall–Kier alpha value is -0.0800. The number of benzene rings is 1. The number of unbranched alkanes of at least 4 members (excludes halogenated alkanes) is 34. The van der Waals surface area contributed by atoms with Gasteiger partial charge >= 0.3 is 0 Å². The lowest BCUT2D eigenvalue weighted by atomic mass is 10.0. The van der Waals surface area contributed by atoms with Crippen LogP contribution < -0.4 is 0 Å². The fourth-order valence-corrected chi connectivity index (χ4v) is 9.47. The maximum absolute atomic E-state index is 2.46. The largest absolute Gasteiger partial charge is 0.126 e. The number of rotatable bonds is 40. The summed E-state index contributed by atoms with van der Waals surface area (Å²) in [5.74, 6) is 2.57. The van der Waals surface area contributed by atoms with Gasteiger partial charge in [-0.3, -0.25) is 0 Å². The Morgan fingerprint density at radius 1 is 0.286 bits per heavy atom. The van der Waals surface area contributed by atoms with Crippen LogP contribution in [-0.2, 0) is 0 Å². The predicted octanol–water partition coefficient (Wildman–Crippen LogP) is 18.3. The highest BCUT2D eigenvalue weighted by atomic mass is 32.2. The molecule has 1 aromatic carbocycles. The molecule has 0 nitrogen and oxygen atoms in total. The lowest BCUT2D eigenvalue weighted by Gasteiger charge is -2.08. The zero-order valence-corrected chi connectivity index (χ0v) is 35.6. The molecule has 0 heterocycles. The maximum Gasteiger partial charge on any atom is 0.00857 e. The topological polar surface area (TPSA) is 0 Å². The van der Waals surface area contributed by atoms with E-state index in [1.165, 1.54) is 258 Å². The van der Waals surface area contributed by atoms with Crippen molar-refractivity contribution in [3.63, 3.8) is 0 Å². The van der Waals surface area contributed by atoms with Crippen molar-refractivity contribution in [3.8, 4) is 0 Å². The smallest absolute Gasteiger partial charge is 0.00857 e. The fourth-order valence-electron chi connectivity index (χ4n) is 7.27. The van der Waals surface area contributed by atoms with Crippen LogP contribution in [0.15, 0.2) is 28.0 Å². The van der Waals surface area contributed by atoms with Crippen molar-refractivity contribution in [3.05, 3.63) is 23.8 Å². The molecule has 0 saturated heterocycles. The molecule has 0 bridgehead atoms. The molecule has 0 atom stereocenters. The van der Waals surface area contributed by atoms with Crippen LogP contribution in [0.4, 0.5) is 0 Å². The third kappa shape index (κ3) is 34.8. The molecule has 0 aliphatic heterocycles. The Balaban J connectivity index is 1.86. The van der Waals surface area contributed by atoms with E-state index in [-0.39, 0.29) is 0 Å². The molecule has 0 aromatic heterocycles. The quantitative estimate of drug-likeness (QED) is 0.0490. The van der Waals surface area contributed by atoms with Gasteiger partial charge in [0.2, 0.25) is 0 Å². The van der Waals surface area contributed by atoms with Gasteiger partial charge in [-0.2, -0.15) is 0 Å². The van der Waals surface area contributed by atoms with Gasteiger partial charge in [0, 0.05) is 9.79 Å². The zero-order valence-electron chi connectivity index (χ0n) is 33.9. The lowest BCUT2D eigenvalue weighted by molar-refractivity contribution is 0.526. The molecule has 1 rings (SSSR count). The monoisotopic (exact) mass is 717 g/mol. The first-order valence-corrected chi connectivity index (χ1v) is 24.6. The molecule has 49 heavy (non-hydrogen) atoms. The summed E-state index contributed by atoms with van der Waals surface area (Å²) in [4.78, 5) is 2.99. The van der Waals surface area contributed by atoms with E-state index in [9.17, 15) is 0 Å². The van der Waals surface area contributed by atoms with Crippen molar-refractivity contribution in [2.24, 2.45) is 0 Å². The summed E-state index contributed by atoms with van der Waals surface area (Å²) in [5, 5.41) is 0. The summed E-state index contributed by atoms with van der Waals surface area (Å²) in [6.45, 7) is 6.90. The van der Waals surface area contributed by atoms with Crippen molar-refractivity contribution in [2.45, 2.75) is 262 Å². The average Bonchev–Trinajstić information content (AvgIpc) is 3.10. The molecule has 0 radical (unpaired) electrons. The third-order valence-electron chi connectivity index (χ3n) is 10.6. The van der Waals surface area contributed by atoms with E-state index in [0.717, 1.165) is 0 Å². The summed E-state index contributed by atoms with van der Waals surface area (Å²) in [6.07, 6.45) is 52.3. The Morgan fingerprint density at radius 2 is 0.490 bits per heavy atom. The van der Waals surface area contributed by atoms with Gasteiger partial charge in [0.05, 0.1) is 0 Å². The first-order valence-electron chi connectivity index (χ1n) is 22.6. The molecule has 0 saturated carbocycles. The number of aryl methyl sites for hydroxylation is 1. The molecule has 288 valence electrons. The third-order valence-corrected chi connectivity index (χ3v) is 12.7. The van der Waals surface area contributed by atoms with Gasteiger partial charge < -0.3 is 0 Å². The maximum atomic E-state index is 2.46. The van der Waals surface area contributed by atoms with Crippen LogP contribution in [0, 0.1) is 6.92 Å². The van der Waals surface area contributed by atoms with E-state index in [2.05, 4.69) is 62.5 Å². The van der Waals surface area contributed by atoms with Crippen molar-refractivity contribution >= 4 is 23.5 Å². The Bertz CT molecular complexity index is 713. The zero-order chi connectivity index (χ0) is 35.1. The molecule has 0 unspecified atom stereocenters. The first kappa shape index (κ1) is 46.9. The van der Waals surface area contributed by atoms with Crippen LogP contribution in [0.5, 0.6) is 0 Å². The minimum absolute atomic E-state index is 1.28. The Kier molecular flexibility index (Phi) is 37.5.